The van der Waals surface area contributed by atoms with Crippen molar-refractivity contribution in [1.82, 2.24) is 15.5 Å². The molecule has 2 heterocycles. The zero-order valence-corrected chi connectivity index (χ0v) is 13.7. The third-order valence-electron chi connectivity index (χ3n) is 4.80. The van der Waals surface area contributed by atoms with Gasteiger partial charge in [0.15, 0.2) is 0 Å². The minimum Gasteiger partial charge on any atom is -0.319 e. The van der Waals surface area contributed by atoms with Gasteiger partial charge < -0.3 is 5.32 Å². The molecule has 2 aliphatic heterocycles. The molecule has 2 N–H and O–H groups in total. The molecule has 0 bridgehead atoms. The first kappa shape index (κ1) is 16.0. The number of hydrogen-bond donors (Lipinski definition) is 2. The number of nitrogens with one attached hydrogen (secondary N) is 2. The Hall–Kier alpha value is -3.48. The molecule has 7 nitrogen and oxygen atoms in total. The first-order chi connectivity index (χ1) is 12.5. The Morgan fingerprint density at radius 1 is 0.808 bits per heavy atom. The molecule has 0 radical (unpaired) electrons. The number of nitrogens with zero attached hydrogens (tertiary/aromatic N) is 1. The van der Waals surface area contributed by atoms with Crippen LogP contribution >= 0.6 is 0 Å². The molecule has 1 fully saturated rings. The Balaban J connectivity index is 1.63. The van der Waals surface area contributed by atoms with Gasteiger partial charge in [0.2, 0.25) is 0 Å². The van der Waals surface area contributed by atoms with E-state index in [2.05, 4.69) is 10.6 Å². The van der Waals surface area contributed by atoms with Crippen LogP contribution in [0.3, 0.4) is 0 Å². The molecule has 1 saturated heterocycles. The largest absolute Gasteiger partial charge is 0.322 e. The highest BCUT2D eigenvalue weighted by Crippen LogP contribution is 2.31. The minimum absolute atomic E-state index is 0.00887. The first-order valence-corrected chi connectivity index (χ1v) is 8.17. The SMILES string of the molecule is O=C1NC(=O)[C@@](CCN2C(=O)c3ccccc3C2=O)(c2ccccc2)N1. The van der Waals surface area contributed by atoms with Gasteiger partial charge >= 0.3 is 6.03 Å². The molecule has 5 amide bonds. The summed E-state index contributed by atoms with van der Waals surface area (Å²) in [5, 5.41) is 4.90. The fraction of sp³-hybridized carbons (Fsp3) is 0.158. The van der Waals surface area contributed by atoms with Gasteiger partial charge in [0.1, 0.15) is 5.54 Å². The molecule has 0 unspecified atom stereocenters. The second-order valence-corrected chi connectivity index (χ2v) is 6.24. The lowest BCUT2D eigenvalue weighted by Crippen LogP contribution is -2.47. The molecule has 0 aliphatic carbocycles. The van der Waals surface area contributed by atoms with E-state index in [1.807, 2.05) is 0 Å². The van der Waals surface area contributed by atoms with E-state index in [-0.39, 0.29) is 13.0 Å². The minimum atomic E-state index is -1.31. The number of hydrogen-bond acceptors (Lipinski definition) is 4. The topological polar surface area (TPSA) is 95.6 Å². The molecule has 0 aromatic heterocycles. The molecule has 2 aromatic carbocycles. The number of urea groups is 1. The van der Waals surface area contributed by atoms with Crippen LogP contribution in [0.4, 0.5) is 4.79 Å². The van der Waals surface area contributed by atoms with Gasteiger partial charge in [-0.3, -0.25) is 24.6 Å². The fourth-order valence-corrected chi connectivity index (χ4v) is 3.46. The predicted octanol–water partition coefficient (Wildman–Crippen LogP) is 1.41. The van der Waals surface area contributed by atoms with Gasteiger partial charge in [0, 0.05) is 13.0 Å². The average Bonchev–Trinajstić information content (AvgIpc) is 3.08. The maximum atomic E-state index is 12.5. The Bertz CT molecular complexity index is 906. The molecule has 0 saturated carbocycles. The Morgan fingerprint density at radius 3 is 1.92 bits per heavy atom. The maximum absolute atomic E-state index is 12.5. The van der Waals surface area contributed by atoms with Gasteiger partial charge in [-0.2, -0.15) is 0 Å². The predicted molar refractivity (Wildman–Crippen MR) is 91.2 cm³/mol. The van der Waals surface area contributed by atoms with Crippen molar-refractivity contribution in [3.8, 4) is 0 Å². The van der Waals surface area contributed by atoms with E-state index in [0.717, 1.165) is 4.90 Å². The molecule has 130 valence electrons. The normalized spacial score (nSPS) is 21.6. The summed E-state index contributed by atoms with van der Waals surface area (Å²) in [5.74, 6) is -1.28. The standard InChI is InChI=1S/C19H15N3O4/c23-15-13-8-4-5-9-14(13)16(24)22(15)11-10-19(12-6-2-1-3-7-12)17(25)20-18(26)21-19/h1-9H,10-11H2,(H2,20,21,25,26)/t19-/m1/s1. The molecule has 0 spiro atoms. The number of imide groups is 2. The van der Waals surface area contributed by atoms with Crippen molar-refractivity contribution in [1.29, 1.82) is 0 Å². The summed E-state index contributed by atoms with van der Waals surface area (Å²) >= 11 is 0. The molecule has 1 atom stereocenters. The van der Waals surface area contributed by atoms with Crippen molar-refractivity contribution in [2.45, 2.75) is 12.0 Å². The summed E-state index contributed by atoms with van der Waals surface area (Å²) in [4.78, 5) is 50.4. The molecule has 7 heteroatoms. The highest BCUT2D eigenvalue weighted by Gasteiger charge is 2.48. The van der Waals surface area contributed by atoms with Crippen LogP contribution in [-0.2, 0) is 10.3 Å². The van der Waals surface area contributed by atoms with Crippen molar-refractivity contribution in [3.05, 3.63) is 71.3 Å². The zero-order valence-electron chi connectivity index (χ0n) is 13.7. The van der Waals surface area contributed by atoms with Crippen LogP contribution in [0.1, 0.15) is 32.7 Å². The second-order valence-electron chi connectivity index (χ2n) is 6.24. The summed E-state index contributed by atoms with van der Waals surface area (Å²) in [6, 6.07) is 14.8. The maximum Gasteiger partial charge on any atom is 0.322 e. The van der Waals surface area contributed by atoms with Gasteiger partial charge in [-0.25, -0.2) is 4.79 Å². The monoisotopic (exact) mass is 349 g/mol. The van der Waals surface area contributed by atoms with E-state index < -0.39 is 29.3 Å². The lowest BCUT2D eigenvalue weighted by Gasteiger charge is -2.28. The molecule has 2 aliphatic rings. The van der Waals surface area contributed by atoms with E-state index in [0.29, 0.717) is 16.7 Å². The van der Waals surface area contributed by atoms with Crippen molar-refractivity contribution in [2.75, 3.05) is 6.54 Å². The van der Waals surface area contributed by atoms with Crippen LogP contribution < -0.4 is 10.6 Å². The number of fused-ring (bicyclic) bond motifs is 1. The Morgan fingerprint density at radius 2 is 1.38 bits per heavy atom. The third kappa shape index (κ3) is 2.28. The van der Waals surface area contributed by atoms with Crippen LogP contribution in [0.5, 0.6) is 0 Å². The summed E-state index contributed by atoms with van der Waals surface area (Å²) in [7, 11) is 0. The number of rotatable bonds is 4. The number of carbonyl (C=O) groups is 4. The van der Waals surface area contributed by atoms with Crippen LogP contribution in [0, 0.1) is 0 Å². The Kier molecular flexibility index (Phi) is 3.57. The molecule has 26 heavy (non-hydrogen) atoms. The van der Waals surface area contributed by atoms with Crippen molar-refractivity contribution >= 4 is 23.8 Å². The summed E-state index contributed by atoms with van der Waals surface area (Å²) < 4.78 is 0. The summed E-state index contributed by atoms with van der Waals surface area (Å²) in [5.41, 5.74) is -0.00877. The van der Waals surface area contributed by atoms with E-state index in [9.17, 15) is 19.2 Å². The van der Waals surface area contributed by atoms with E-state index >= 15 is 0 Å². The lowest BCUT2D eigenvalue weighted by molar-refractivity contribution is -0.124. The van der Waals surface area contributed by atoms with Gasteiger partial charge in [-0.05, 0) is 17.7 Å². The molecule has 2 aromatic rings. The van der Waals surface area contributed by atoms with Crippen molar-refractivity contribution in [3.63, 3.8) is 0 Å². The summed E-state index contributed by atoms with van der Waals surface area (Å²) in [6.45, 7) is 0.00887. The Labute approximate surface area is 149 Å². The number of amides is 5. The zero-order chi connectivity index (χ0) is 18.3. The van der Waals surface area contributed by atoms with Gasteiger partial charge in [0.05, 0.1) is 11.1 Å². The van der Waals surface area contributed by atoms with Gasteiger partial charge in [-0.15, -0.1) is 0 Å². The van der Waals surface area contributed by atoms with E-state index in [4.69, 9.17) is 0 Å². The number of carbonyl (C=O) groups excluding carboxylic acids is 4. The fourth-order valence-electron chi connectivity index (χ4n) is 3.46. The van der Waals surface area contributed by atoms with Crippen LogP contribution in [0.25, 0.3) is 0 Å². The highest BCUT2D eigenvalue weighted by molar-refractivity contribution is 6.21. The molecule has 4 rings (SSSR count). The van der Waals surface area contributed by atoms with Crippen LogP contribution in [0.2, 0.25) is 0 Å². The highest BCUT2D eigenvalue weighted by atomic mass is 16.2. The lowest BCUT2D eigenvalue weighted by atomic mass is 9.86. The van der Waals surface area contributed by atoms with Crippen molar-refractivity contribution in [2.24, 2.45) is 0 Å². The number of benzene rings is 2. The average molecular weight is 349 g/mol. The molecular formula is C19H15N3O4. The van der Waals surface area contributed by atoms with Crippen molar-refractivity contribution < 1.29 is 19.2 Å². The van der Waals surface area contributed by atoms with E-state index in [1.54, 1.807) is 54.6 Å². The first-order valence-electron chi connectivity index (χ1n) is 8.17. The molecular weight excluding hydrogens is 334 g/mol. The van der Waals surface area contributed by atoms with Crippen LogP contribution in [0.15, 0.2) is 54.6 Å². The smallest absolute Gasteiger partial charge is 0.319 e. The quantitative estimate of drug-likeness (QED) is 0.644. The third-order valence-corrected chi connectivity index (χ3v) is 4.80. The van der Waals surface area contributed by atoms with Crippen LogP contribution in [-0.4, -0.2) is 35.2 Å². The summed E-state index contributed by atoms with van der Waals surface area (Å²) in [6.07, 6.45) is 0.0834. The van der Waals surface area contributed by atoms with Gasteiger partial charge in [0.25, 0.3) is 17.7 Å². The van der Waals surface area contributed by atoms with E-state index in [1.165, 1.54) is 0 Å². The van der Waals surface area contributed by atoms with Gasteiger partial charge in [-0.1, -0.05) is 42.5 Å². The second kappa shape index (κ2) is 5.80.